The van der Waals surface area contributed by atoms with Crippen molar-refractivity contribution in [2.75, 3.05) is 31.0 Å². The number of carbonyl (C=O) groups excluding carboxylic acids is 2. The molecule has 1 heterocycles. The summed E-state index contributed by atoms with van der Waals surface area (Å²) in [5.41, 5.74) is 1.85. The van der Waals surface area contributed by atoms with E-state index >= 15 is 0 Å². The summed E-state index contributed by atoms with van der Waals surface area (Å²) in [5.74, 6) is -0.933. The van der Waals surface area contributed by atoms with Crippen molar-refractivity contribution in [2.24, 2.45) is 5.92 Å². The number of carbonyl (C=O) groups is 2. The molecule has 2 aromatic carbocycles. The molecule has 0 aromatic heterocycles. The first kappa shape index (κ1) is 22.8. The van der Waals surface area contributed by atoms with Crippen LogP contribution in [0.5, 0.6) is 0 Å². The third-order valence-corrected chi connectivity index (χ3v) is 7.25. The molecule has 1 amide bonds. The van der Waals surface area contributed by atoms with Gasteiger partial charge < -0.3 is 9.64 Å². The predicted octanol–water partition coefficient (Wildman–Crippen LogP) is 3.24. The molecule has 0 unspecified atom stereocenters. The van der Waals surface area contributed by atoms with Gasteiger partial charge in [0.05, 0.1) is 23.1 Å². The standard InChI is InChI=1S/C23H28N2O5S/c1-4-30-23(27)19-8-6-14-25(16-19)22(26)18-7-5-9-21(15-18)31(28,29)24(3)20-12-10-17(2)11-13-20/h5,7,9-13,15,19H,4,6,8,14,16H2,1-3H3/t19-/m0/s1. The normalized spacial score (nSPS) is 16.6. The van der Waals surface area contributed by atoms with Crippen LogP contribution in [0.2, 0.25) is 0 Å². The van der Waals surface area contributed by atoms with Crippen LogP contribution in [0.3, 0.4) is 0 Å². The Morgan fingerprint density at radius 1 is 1.16 bits per heavy atom. The summed E-state index contributed by atoms with van der Waals surface area (Å²) in [6, 6.07) is 13.2. The maximum Gasteiger partial charge on any atom is 0.310 e. The van der Waals surface area contributed by atoms with Gasteiger partial charge in [0.25, 0.3) is 15.9 Å². The first-order valence-electron chi connectivity index (χ1n) is 10.4. The molecule has 8 heteroatoms. The zero-order valence-corrected chi connectivity index (χ0v) is 18.9. The molecular formula is C23H28N2O5S. The van der Waals surface area contributed by atoms with Crippen molar-refractivity contribution in [1.82, 2.24) is 4.90 Å². The lowest BCUT2D eigenvalue weighted by molar-refractivity contribution is -0.149. The molecule has 0 radical (unpaired) electrons. The predicted molar refractivity (Wildman–Crippen MR) is 118 cm³/mol. The van der Waals surface area contributed by atoms with Crippen molar-refractivity contribution in [2.45, 2.75) is 31.6 Å². The fourth-order valence-corrected chi connectivity index (χ4v) is 4.88. The monoisotopic (exact) mass is 444 g/mol. The molecule has 1 atom stereocenters. The van der Waals surface area contributed by atoms with Crippen molar-refractivity contribution in [3.8, 4) is 0 Å². The number of likely N-dealkylation sites (tertiary alicyclic amines) is 1. The zero-order valence-electron chi connectivity index (χ0n) is 18.1. The molecule has 1 aliphatic heterocycles. The van der Waals surface area contributed by atoms with Crippen molar-refractivity contribution in [3.63, 3.8) is 0 Å². The molecule has 1 saturated heterocycles. The number of anilines is 1. The van der Waals surface area contributed by atoms with E-state index in [0.29, 0.717) is 31.7 Å². The second-order valence-corrected chi connectivity index (χ2v) is 9.65. The molecule has 0 bridgehead atoms. The highest BCUT2D eigenvalue weighted by atomic mass is 32.2. The average Bonchev–Trinajstić information content (AvgIpc) is 2.79. The number of hydrogen-bond acceptors (Lipinski definition) is 5. The Kier molecular flexibility index (Phi) is 7.00. The minimum absolute atomic E-state index is 0.0420. The number of rotatable bonds is 6. The molecule has 7 nitrogen and oxygen atoms in total. The molecule has 0 saturated carbocycles. The first-order valence-corrected chi connectivity index (χ1v) is 11.8. The van der Waals surface area contributed by atoms with Gasteiger partial charge in [-0.1, -0.05) is 23.8 Å². The van der Waals surface area contributed by atoms with Gasteiger partial charge in [-0.2, -0.15) is 0 Å². The van der Waals surface area contributed by atoms with Crippen molar-refractivity contribution < 1.29 is 22.7 Å². The number of ether oxygens (including phenoxy) is 1. The summed E-state index contributed by atoms with van der Waals surface area (Å²) in [4.78, 5) is 26.8. The van der Waals surface area contributed by atoms with Gasteiger partial charge in [0.15, 0.2) is 0 Å². The van der Waals surface area contributed by atoms with Crippen LogP contribution < -0.4 is 4.31 Å². The van der Waals surface area contributed by atoms with Crippen LogP contribution in [-0.2, 0) is 19.6 Å². The summed E-state index contributed by atoms with van der Waals surface area (Å²) in [6.45, 7) is 4.79. The topological polar surface area (TPSA) is 84.0 Å². The van der Waals surface area contributed by atoms with Gasteiger partial charge in [-0.15, -0.1) is 0 Å². The number of amides is 1. The highest BCUT2D eigenvalue weighted by Gasteiger charge is 2.30. The third-order valence-electron chi connectivity index (χ3n) is 5.47. The molecule has 1 fully saturated rings. The van der Waals surface area contributed by atoms with Gasteiger partial charge in [0.1, 0.15) is 0 Å². The van der Waals surface area contributed by atoms with Crippen molar-refractivity contribution in [1.29, 1.82) is 0 Å². The lowest BCUT2D eigenvalue weighted by Crippen LogP contribution is -2.42. The molecular weight excluding hydrogens is 416 g/mol. The van der Waals surface area contributed by atoms with E-state index in [2.05, 4.69) is 0 Å². The second kappa shape index (κ2) is 9.51. The molecule has 3 rings (SSSR count). The number of sulfonamides is 1. The van der Waals surface area contributed by atoms with Gasteiger partial charge in [0, 0.05) is 25.7 Å². The summed E-state index contributed by atoms with van der Waals surface area (Å²) >= 11 is 0. The Labute approximate surface area is 183 Å². The van der Waals surface area contributed by atoms with Crippen LogP contribution in [0.15, 0.2) is 53.4 Å². The number of hydrogen-bond donors (Lipinski definition) is 0. The number of aryl methyl sites for hydroxylation is 1. The summed E-state index contributed by atoms with van der Waals surface area (Å²) in [6.07, 6.45) is 1.38. The van der Waals surface area contributed by atoms with Crippen LogP contribution in [-0.4, -0.2) is 51.9 Å². The minimum Gasteiger partial charge on any atom is -0.466 e. The molecule has 2 aromatic rings. The lowest BCUT2D eigenvalue weighted by Gasteiger charge is -2.31. The van der Waals surface area contributed by atoms with Crippen LogP contribution in [0.1, 0.15) is 35.7 Å². The smallest absolute Gasteiger partial charge is 0.310 e. The molecule has 0 spiro atoms. The van der Waals surface area contributed by atoms with Gasteiger partial charge in [-0.05, 0) is 57.0 Å². The number of nitrogens with zero attached hydrogens (tertiary/aromatic N) is 2. The highest BCUT2D eigenvalue weighted by Crippen LogP contribution is 2.25. The lowest BCUT2D eigenvalue weighted by atomic mass is 9.97. The number of esters is 1. The van der Waals surface area contributed by atoms with Crippen LogP contribution >= 0.6 is 0 Å². The Balaban J connectivity index is 1.81. The first-order chi connectivity index (χ1) is 14.7. The average molecular weight is 445 g/mol. The van der Waals surface area contributed by atoms with E-state index in [4.69, 9.17) is 4.74 Å². The molecule has 31 heavy (non-hydrogen) atoms. The second-order valence-electron chi connectivity index (χ2n) is 7.68. The third kappa shape index (κ3) is 5.07. The van der Waals surface area contributed by atoms with Crippen LogP contribution in [0, 0.1) is 12.8 Å². The van der Waals surface area contributed by atoms with Gasteiger partial charge in [0.2, 0.25) is 0 Å². The zero-order chi connectivity index (χ0) is 22.6. The molecule has 0 aliphatic carbocycles. The summed E-state index contributed by atoms with van der Waals surface area (Å²) in [7, 11) is -2.35. The minimum atomic E-state index is -3.83. The van der Waals surface area contributed by atoms with Crippen LogP contribution in [0.25, 0.3) is 0 Å². The SMILES string of the molecule is CCOC(=O)[C@H]1CCCN(C(=O)c2cccc(S(=O)(=O)N(C)c3ccc(C)cc3)c2)C1. The van der Waals surface area contributed by atoms with Crippen molar-refractivity contribution >= 4 is 27.6 Å². The quantitative estimate of drug-likeness (QED) is 0.639. The Morgan fingerprint density at radius 2 is 1.87 bits per heavy atom. The summed E-state index contributed by atoms with van der Waals surface area (Å²) in [5, 5.41) is 0. The molecule has 166 valence electrons. The van der Waals surface area contributed by atoms with Gasteiger partial charge >= 0.3 is 5.97 Å². The molecule has 1 aliphatic rings. The maximum absolute atomic E-state index is 13.1. The van der Waals surface area contributed by atoms with E-state index in [1.165, 1.54) is 23.5 Å². The van der Waals surface area contributed by atoms with E-state index < -0.39 is 10.0 Å². The van der Waals surface area contributed by atoms with Gasteiger partial charge in [-0.25, -0.2) is 8.42 Å². The number of piperidine rings is 1. The van der Waals surface area contributed by atoms with Crippen molar-refractivity contribution in [3.05, 3.63) is 59.7 Å². The fourth-order valence-electron chi connectivity index (χ4n) is 3.64. The van der Waals surface area contributed by atoms with Crippen LogP contribution in [0.4, 0.5) is 5.69 Å². The molecule has 0 N–H and O–H groups in total. The van der Waals surface area contributed by atoms with E-state index in [1.54, 1.807) is 36.1 Å². The van der Waals surface area contributed by atoms with E-state index in [0.717, 1.165) is 5.56 Å². The van der Waals surface area contributed by atoms with E-state index in [9.17, 15) is 18.0 Å². The maximum atomic E-state index is 13.1. The highest BCUT2D eigenvalue weighted by molar-refractivity contribution is 7.92. The Morgan fingerprint density at radius 3 is 2.55 bits per heavy atom. The van der Waals surface area contributed by atoms with Gasteiger partial charge in [-0.3, -0.25) is 13.9 Å². The Hall–Kier alpha value is -2.87. The van der Waals surface area contributed by atoms with E-state index in [-0.39, 0.29) is 34.8 Å². The van der Waals surface area contributed by atoms with E-state index in [1.807, 2.05) is 19.1 Å². The number of benzene rings is 2. The fraction of sp³-hybridized carbons (Fsp3) is 0.391. The Bertz CT molecular complexity index is 1050. The largest absolute Gasteiger partial charge is 0.466 e. The summed E-state index contributed by atoms with van der Waals surface area (Å²) < 4.78 is 32.5.